The Hall–Kier alpha value is -1.71. The van der Waals surface area contributed by atoms with Gasteiger partial charge in [0.25, 0.3) is 5.91 Å². The molecule has 2 aliphatic heterocycles. The second-order valence-corrected chi connectivity index (χ2v) is 11.8. The topological polar surface area (TPSA) is 77.1 Å². The average molecular weight is 434 g/mol. The zero-order valence-electron chi connectivity index (χ0n) is 17.0. The first-order chi connectivity index (χ1) is 13.8. The van der Waals surface area contributed by atoms with Crippen LogP contribution < -0.4 is 10.6 Å². The number of benzene rings is 2. The van der Waals surface area contributed by atoms with Gasteiger partial charge in [-0.3, -0.25) is 4.79 Å². The minimum Gasteiger partial charge on any atom is -0.373 e. The number of aliphatic hydroxyl groups is 1. The summed E-state index contributed by atoms with van der Waals surface area (Å²) in [6, 6.07) is 13.8. The van der Waals surface area contributed by atoms with E-state index in [0.717, 1.165) is 27.1 Å². The van der Waals surface area contributed by atoms with Crippen LogP contribution in [-0.2, 0) is 4.18 Å². The number of carbonyl (C=O) groups excluding carboxylic acids is 1. The van der Waals surface area contributed by atoms with Crippen molar-refractivity contribution in [2.24, 2.45) is 0 Å². The van der Waals surface area contributed by atoms with Crippen LogP contribution in [0.1, 0.15) is 31.1 Å². The normalized spacial score (nSPS) is 27.7. The molecule has 4 rings (SSSR count). The van der Waals surface area contributed by atoms with E-state index in [4.69, 9.17) is 4.18 Å². The third-order valence-corrected chi connectivity index (χ3v) is 9.56. The van der Waals surface area contributed by atoms with Crippen LogP contribution in [0, 0.1) is 0 Å². The maximum absolute atomic E-state index is 12.8. The summed E-state index contributed by atoms with van der Waals surface area (Å²) >= 11 is 1.60. The lowest BCUT2D eigenvalue weighted by Crippen LogP contribution is -2.32. The molecule has 1 fully saturated rings. The molecule has 156 valence electrons. The van der Waals surface area contributed by atoms with Crippen molar-refractivity contribution in [3.05, 3.63) is 48.0 Å². The molecule has 6 nitrogen and oxygen atoms in total. The van der Waals surface area contributed by atoms with E-state index in [1.807, 2.05) is 37.3 Å². The second kappa shape index (κ2) is 7.85. The SMILES string of the molecule is CC1Sc2ccc(C(=O)Nc3cccc(S4(N(C)C(C)C)CO4)c3)cc2NC1O. The molecule has 0 radical (unpaired) electrons. The summed E-state index contributed by atoms with van der Waals surface area (Å²) in [6.45, 7) is 6.28. The third-order valence-electron chi connectivity index (χ3n) is 5.30. The lowest BCUT2D eigenvalue weighted by atomic mass is 10.1. The zero-order chi connectivity index (χ0) is 20.8. The van der Waals surface area contributed by atoms with E-state index < -0.39 is 16.7 Å². The molecule has 2 heterocycles. The lowest BCUT2D eigenvalue weighted by Gasteiger charge is -2.32. The number of amides is 1. The van der Waals surface area contributed by atoms with Crippen molar-refractivity contribution in [2.45, 2.75) is 48.1 Å². The minimum atomic E-state index is -1.39. The summed E-state index contributed by atoms with van der Waals surface area (Å²) in [4.78, 5) is 15.0. The molecule has 0 aliphatic carbocycles. The van der Waals surface area contributed by atoms with E-state index in [1.165, 1.54) is 0 Å². The maximum Gasteiger partial charge on any atom is 0.255 e. The Labute approximate surface area is 177 Å². The van der Waals surface area contributed by atoms with E-state index in [0.29, 0.717) is 11.6 Å². The molecule has 2 aromatic carbocycles. The van der Waals surface area contributed by atoms with Gasteiger partial charge in [0.1, 0.15) is 12.2 Å². The summed E-state index contributed by atoms with van der Waals surface area (Å²) in [5, 5.41) is 16.2. The third kappa shape index (κ3) is 4.00. The van der Waals surface area contributed by atoms with Crippen LogP contribution in [0.2, 0.25) is 0 Å². The number of nitrogens with zero attached hydrogens (tertiary/aromatic N) is 1. The summed E-state index contributed by atoms with van der Waals surface area (Å²) in [5.41, 5.74) is 2.09. The summed E-state index contributed by atoms with van der Waals surface area (Å²) in [7, 11) is 0.696. The fourth-order valence-corrected chi connectivity index (χ4v) is 6.83. The zero-order valence-corrected chi connectivity index (χ0v) is 18.6. The molecule has 1 saturated heterocycles. The van der Waals surface area contributed by atoms with Crippen LogP contribution >= 0.6 is 22.3 Å². The van der Waals surface area contributed by atoms with Crippen LogP contribution in [0.15, 0.2) is 52.3 Å². The summed E-state index contributed by atoms with van der Waals surface area (Å²) in [5.74, 6) is 0.552. The Morgan fingerprint density at radius 2 is 2.10 bits per heavy atom. The molecule has 2 aliphatic rings. The van der Waals surface area contributed by atoms with Crippen molar-refractivity contribution in [2.75, 3.05) is 23.6 Å². The van der Waals surface area contributed by atoms with Crippen molar-refractivity contribution < 1.29 is 14.1 Å². The van der Waals surface area contributed by atoms with E-state index >= 15 is 0 Å². The number of aliphatic hydroxyl groups excluding tert-OH is 1. The number of hydrogen-bond donors (Lipinski definition) is 3. The van der Waals surface area contributed by atoms with Gasteiger partial charge in [-0.1, -0.05) is 6.07 Å². The summed E-state index contributed by atoms with van der Waals surface area (Å²) < 4.78 is 8.18. The smallest absolute Gasteiger partial charge is 0.255 e. The molecule has 8 heteroatoms. The van der Waals surface area contributed by atoms with Crippen molar-refractivity contribution in [1.29, 1.82) is 0 Å². The van der Waals surface area contributed by atoms with Gasteiger partial charge in [0, 0.05) is 27.1 Å². The maximum atomic E-state index is 12.8. The fraction of sp³-hybridized carbons (Fsp3) is 0.381. The Balaban J connectivity index is 1.52. The van der Waals surface area contributed by atoms with Crippen LogP contribution in [0.5, 0.6) is 0 Å². The van der Waals surface area contributed by atoms with Gasteiger partial charge in [-0.2, -0.15) is 0 Å². The predicted octanol–water partition coefficient (Wildman–Crippen LogP) is 4.48. The number of carbonyl (C=O) groups is 1. The highest BCUT2D eigenvalue weighted by Crippen LogP contribution is 2.72. The number of nitrogens with one attached hydrogen (secondary N) is 2. The molecule has 0 bridgehead atoms. The Morgan fingerprint density at radius 3 is 2.79 bits per heavy atom. The van der Waals surface area contributed by atoms with Crippen LogP contribution in [0.25, 0.3) is 0 Å². The van der Waals surface area contributed by atoms with Gasteiger partial charge in [-0.15, -0.1) is 11.8 Å². The van der Waals surface area contributed by atoms with Crippen LogP contribution in [0.3, 0.4) is 0 Å². The van der Waals surface area contributed by atoms with E-state index in [-0.39, 0.29) is 11.2 Å². The van der Waals surface area contributed by atoms with E-state index in [2.05, 4.69) is 41.9 Å². The standard InChI is InChI=1S/C21H27N3O3S2/c1-13(2)24(4)29(12-27-29)17-7-5-6-16(11-17)22-21(26)15-8-9-19-18(10-15)23-20(25)14(3)28-19/h5-11,13-14,20,23,25H,12H2,1-4H3,(H,22,26). The number of thioether (sulfide) groups is 1. The largest absolute Gasteiger partial charge is 0.373 e. The molecule has 3 atom stereocenters. The Bertz CT molecular complexity index is 933. The molecule has 2 aromatic rings. The van der Waals surface area contributed by atoms with Gasteiger partial charge in [-0.25, -0.2) is 4.31 Å². The molecule has 29 heavy (non-hydrogen) atoms. The Kier molecular flexibility index (Phi) is 5.56. The van der Waals surface area contributed by atoms with Crippen molar-refractivity contribution in [3.8, 4) is 0 Å². The second-order valence-electron chi connectivity index (χ2n) is 7.62. The first kappa shape index (κ1) is 20.6. The minimum absolute atomic E-state index is 0.0633. The quantitative estimate of drug-likeness (QED) is 0.604. The molecular formula is C21H27N3O3S2. The van der Waals surface area contributed by atoms with Crippen molar-refractivity contribution in [3.63, 3.8) is 0 Å². The first-order valence-corrected chi connectivity index (χ1v) is 12.2. The molecule has 3 unspecified atom stereocenters. The lowest BCUT2D eigenvalue weighted by molar-refractivity contribution is 0.102. The van der Waals surface area contributed by atoms with Gasteiger partial charge in [0.2, 0.25) is 0 Å². The van der Waals surface area contributed by atoms with Gasteiger partial charge >= 0.3 is 0 Å². The molecule has 0 saturated carbocycles. The van der Waals surface area contributed by atoms with E-state index in [9.17, 15) is 9.90 Å². The molecule has 0 spiro atoms. The van der Waals surface area contributed by atoms with Crippen molar-refractivity contribution in [1.82, 2.24) is 4.31 Å². The number of rotatable bonds is 5. The molecule has 0 aromatic heterocycles. The van der Waals surface area contributed by atoms with Crippen LogP contribution in [0.4, 0.5) is 11.4 Å². The van der Waals surface area contributed by atoms with Crippen molar-refractivity contribution >= 4 is 39.5 Å². The average Bonchev–Trinajstić information content (AvgIpc) is 3.50. The molecule has 3 N–H and O–H groups in total. The highest BCUT2D eigenvalue weighted by molar-refractivity contribution is 8.32. The highest BCUT2D eigenvalue weighted by atomic mass is 32.3. The predicted molar refractivity (Wildman–Crippen MR) is 120 cm³/mol. The fourth-order valence-electron chi connectivity index (χ4n) is 3.26. The first-order valence-electron chi connectivity index (χ1n) is 9.65. The number of fused-ring (bicyclic) bond motifs is 1. The number of anilines is 2. The van der Waals surface area contributed by atoms with Gasteiger partial charge in [0.15, 0.2) is 0 Å². The van der Waals surface area contributed by atoms with E-state index in [1.54, 1.807) is 17.8 Å². The summed E-state index contributed by atoms with van der Waals surface area (Å²) in [6.07, 6.45) is -0.627. The molecular weight excluding hydrogens is 406 g/mol. The van der Waals surface area contributed by atoms with Gasteiger partial charge in [-0.05, 0) is 74.7 Å². The van der Waals surface area contributed by atoms with Gasteiger partial charge in [0.05, 0.1) is 10.9 Å². The van der Waals surface area contributed by atoms with Gasteiger partial charge < -0.3 is 19.9 Å². The number of hydrogen-bond acceptors (Lipinski definition) is 6. The highest BCUT2D eigenvalue weighted by Gasteiger charge is 2.46. The monoisotopic (exact) mass is 433 g/mol. The molecule has 1 amide bonds. The Morgan fingerprint density at radius 1 is 1.34 bits per heavy atom. The van der Waals surface area contributed by atoms with Crippen LogP contribution in [-0.4, -0.2) is 45.8 Å².